The van der Waals surface area contributed by atoms with E-state index in [4.69, 9.17) is 4.98 Å². The van der Waals surface area contributed by atoms with E-state index in [1.807, 2.05) is 54.6 Å². The van der Waals surface area contributed by atoms with Crippen LogP contribution in [-0.2, 0) is 5.41 Å². The summed E-state index contributed by atoms with van der Waals surface area (Å²) in [4.78, 5) is 23.6. The monoisotopic (exact) mass is 580 g/mol. The van der Waals surface area contributed by atoms with Gasteiger partial charge >= 0.3 is 5.69 Å². The maximum Gasteiger partial charge on any atom is 0.357 e. The van der Waals surface area contributed by atoms with E-state index in [-0.39, 0.29) is 11.1 Å². The van der Waals surface area contributed by atoms with Gasteiger partial charge in [-0.05, 0) is 58.1 Å². The second kappa shape index (κ2) is 9.34. The largest absolute Gasteiger partial charge is 0.357 e. The molecule has 45 heavy (non-hydrogen) atoms. The van der Waals surface area contributed by atoms with Gasteiger partial charge in [0.05, 0.1) is 11.0 Å². The summed E-state index contributed by atoms with van der Waals surface area (Å²) in [7, 11) is 0. The van der Waals surface area contributed by atoms with Gasteiger partial charge in [-0.1, -0.05) is 117 Å². The van der Waals surface area contributed by atoms with Crippen molar-refractivity contribution in [3.63, 3.8) is 0 Å². The molecule has 5 nitrogen and oxygen atoms in total. The average molecular weight is 581 g/mol. The Balaban J connectivity index is 1.44. The first-order chi connectivity index (χ1) is 22.0. The number of hydrogen-bond acceptors (Lipinski definition) is 3. The third kappa shape index (κ3) is 3.64. The minimum Gasteiger partial charge on any atom is -0.294 e. The molecule has 9 rings (SSSR count). The first-order valence-corrected chi connectivity index (χ1v) is 15.2. The Labute approximate surface area is 259 Å². The Morgan fingerprint density at radius 1 is 0.556 bits per heavy atom. The summed E-state index contributed by atoms with van der Waals surface area (Å²) >= 11 is 0. The van der Waals surface area contributed by atoms with E-state index in [2.05, 4.69) is 102 Å². The number of benzene rings is 5. The van der Waals surface area contributed by atoms with Crippen molar-refractivity contribution in [2.24, 2.45) is 0 Å². The fourth-order valence-electron chi connectivity index (χ4n) is 7.26. The molecule has 0 spiro atoms. The second-order valence-corrected chi connectivity index (χ2v) is 12.3. The van der Waals surface area contributed by atoms with E-state index < -0.39 is 0 Å². The molecular weight excluding hydrogens is 552 g/mol. The van der Waals surface area contributed by atoms with Crippen molar-refractivity contribution in [1.29, 1.82) is 0 Å². The van der Waals surface area contributed by atoms with Gasteiger partial charge in [0.25, 0.3) is 0 Å². The Kier molecular flexibility index (Phi) is 5.33. The smallest absolute Gasteiger partial charge is 0.294 e. The van der Waals surface area contributed by atoms with Gasteiger partial charge < -0.3 is 0 Å². The zero-order chi connectivity index (χ0) is 30.3. The molecule has 0 aliphatic heterocycles. The van der Waals surface area contributed by atoms with Crippen molar-refractivity contribution in [2.75, 3.05) is 0 Å². The fraction of sp³-hybridized carbons (Fsp3) is 0.0750. The zero-order valence-corrected chi connectivity index (χ0v) is 24.9. The van der Waals surface area contributed by atoms with Gasteiger partial charge in [-0.15, -0.1) is 0 Å². The predicted octanol–water partition coefficient (Wildman–Crippen LogP) is 8.83. The first kappa shape index (κ1) is 25.7. The molecule has 0 saturated heterocycles. The fourth-order valence-corrected chi connectivity index (χ4v) is 7.26. The van der Waals surface area contributed by atoms with Gasteiger partial charge in [0.2, 0.25) is 0 Å². The van der Waals surface area contributed by atoms with Crippen LogP contribution in [0.5, 0.6) is 0 Å². The Hall–Kier alpha value is -5.81. The third-order valence-electron chi connectivity index (χ3n) is 9.40. The molecule has 0 radical (unpaired) electrons. The summed E-state index contributed by atoms with van der Waals surface area (Å²) in [6.07, 6.45) is 0. The van der Waals surface area contributed by atoms with Crippen LogP contribution in [0.4, 0.5) is 0 Å². The summed E-state index contributed by atoms with van der Waals surface area (Å²) in [5.74, 6) is 1.14. The van der Waals surface area contributed by atoms with Crippen molar-refractivity contribution >= 4 is 27.5 Å². The van der Waals surface area contributed by atoms with Crippen LogP contribution in [0.25, 0.3) is 66.9 Å². The quantitative estimate of drug-likeness (QED) is 0.210. The highest BCUT2D eigenvalue weighted by Gasteiger charge is 2.36. The Morgan fingerprint density at radius 3 is 2.04 bits per heavy atom. The van der Waals surface area contributed by atoms with E-state index in [1.54, 1.807) is 4.40 Å². The highest BCUT2D eigenvalue weighted by atomic mass is 16.1. The summed E-state index contributed by atoms with van der Waals surface area (Å²) in [6.45, 7) is 4.60. The van der Waals surface area contributed by atoms with Gasteiger partial charge in [0, 0.05) is 27.3 Å². The highest BCUT2D eigenvalue weighted by molar-refractivity contribution is 6.12. The minimum absolute atomic E-state index is 0.174. The molecule has 0 bridgehead atoms. The Bertz CT molecular complexity index is 2530. The van der Waals surface area contributed by atoms with Gasteiger partial charge in [-0.25, -0.2) is 14.2 Å². The average Bonchev–Trinajstić information content (AvgIpc) is 3.52. The lowest BCUT2D eigenvalue weighted by molar-refractivity contribution is 0.661. The number of pyridine rings is 1. The molecule has 0 amide bonds. The van der Waals surface area contributed by atoms with E-state index in [0.717, 1.165) is 44.3 Å². The molecule has 0 atom stereocenters. The number of nitrogens with zero attached hydrogens (tertiary/aromatic N) is 4. The molecule has 0 saturated carbocycles. The molecule has 1 aliphatic carbocycles. The van der Waals surface area contributed by atoms with Crippen LogP contribution in [0.1, 0.15) is 25.0 Å². The SMILES string of the molecule is CC1(C)c2ccccc2-c2cc3c4ccccc4n(-c4c(-c5ccccc5)ccc5nc(-c6ccccc6)nc(=O)n45)c3cc21. The second-order valence-electron chi connectivity index (χ2n) is 12.3. The van der Waals surface area contributed by atoms with Gasteiger partial charge in [-0.3, -0.25) is 4.57 Å². The molecule has 3 aromatic heterocycles. The van der Waals surface area contributed by atoms with E-state index >= 15 is 0 Å². The molecule has 0 N–H and O–H groups in total. The van der Waals surface area contributed by atoms with Crippen molar-refractivity contribution < 1.29 is 0 Å². The number of hydrogen-bond donors (Lipinski definition) is 0. The first-order valence-electron chi connectivity index (χ1n) is 15.2. The summed E-state index contributed by atoms with van der Waals surface area (Å²) in [5, 5.41) is 2.27. The maximum atomic E-state index is 14.2. The van der Waals surface area contributed by atoms with Crippen molar-refractivity contribution in [2.45, 2.75) is 19.3 Å². The summed E-state index contributed by atoms with van der Waals surface area (Å²) in [5.41, 5.74) is 9.95. The molecule has 8 aromatic rings. The minimum atomic E-state index is -0.369. The maximum absolute atomic E-state index is 14.2. The standard InChI is InChI=1S/C40H28N4O/c1-40(2)32-19-11-9-17-28(32)30-23-31-29-18-10-12-20-34(29)43(35(31)24-33(30)40)38-27(25-13-5-3-6-14-25)21-22-36-41-37(42-39(45)44(36)38)26-15-7-4-8-16-26/h3-24H,1-2H3. The molecule has 3 heterocycles. The van der Waals surface area contributed by atoms with Crippen LogP contribution in [-0.4, -0.2) is 18.9 Å². The lowest BCUT2D eigenvalue weighted by atomic mass is 9.82. The zero-order valence-electron chi connectivity index (χ0n) is 24.9. The van der Waals surface area contributed by atoms with Gasteiger partial charge in [0.1, 0.15) is 11.5 Å². The number of para-hydroxylation sites is 1. The predicted molar refractivity (Wildman–Crippen MR) is 182 cm³/mol. The summed E-state index contributed by atoms with van der Waals surface area (Å²) in [6, 6.07) is 45.7. The van der Waals surface area contributed by atoms with E-state index in [1.165, 1.54) is 22.3 Å². The van der Waals surface area contributed by atoms with Gasteiger partial charge in [-0.2, -0.15) is 4.98 Å². The third-order valence-corrected chi connectivity index (χ3v) is 9.40. The van der Waals surface area contributed by atoms with Crippen molar-refractivity contribution in [3.05, 3.63) is 155 Å². The van der Waals surface area contributed by atoms with E-state index in [9.17, 15) is 4.79 Å². The number of aromatic nitrogens is 4. The van der Waals surface area contributed by atoms with Crippen LogP contribution in [0, 0.1) is 0 Å². The van der Waals surface area contributed by atoms with Gasteiger partial charge in [0.15, 0.2) is 5.82 Å². The van der Waals surface area contributed by atoms with Crippen LogP contribution in [0.3, 0.4) is 0 Å². The molecule has 214 valence electrons. The topological polar surface area (TPSA) is 52.2 Å². The summed E-state index contributed by atoms with van der Waals surface area (Å²) < 4.78 is 3.92. The lowest BCUT2D eigenvalue weighted by Crippen LogP contribution is -2.23. The normalized spacial score (nSPS) is 13.4. The molecule has 1 aliphatic rings. The van der Waals surface area contributed by atoms with Crippen molar-refractivity contribution in [3.8, 4) is 39.5 Å². The molecule has 5 aromatic carbocycles. The molecule has 0 fully saturated rings. The van der Waals surface area contributed by atoms with E-state index in [0.29, 0.717) is 11.5 Å². The number of rotatable bonds is 3. The van der Waals surface area contributed by atoms with Crippen LogP contribution < -0.4 is 5.69 Å². The lowest BCUT2D eigenvalue weighted by Gasteiger charge is -2.22. The van der Waals surface area contributed by atoms with Crippen LogP contribution in [0.2, 0.25) is 0 Å². The molecule has 0 unspecified atom stereocenters. The number of fused-ring (bicyclic) bond motifs is 7. The van der Waals surface area contributed by atoms with Crippen LogP contribution >= 0.6 is 0 Å². The molecular formula is C40H28N4O. The van der Waals surface area contributed by atoms with Crippen LogP contribution in [0.15, 0.2) is 138 Å². The molecule has 5 heteroatoms. The highest BCUT2D eigenvalue weighted by Crippen LogP contribution is 2.51. The Morgan fingerprint density at radius 2 is 1.24 bits per heavy atom. The van der Waals surface area contributed by atoms with Crippen molar-refractivity contribution in [1.82, 2.24) is 18.9 Å².